The van der Waals surface area contributed by atoms with Crippen LogP contribution in [0.4, 0.5) is 0 Å². The summed E-state index contributed by atoms with van der Waals surface area (Å²) in [6, 6.07) is 0. The molecule has 0 aliphatic rings. The summed E-state index contributed by atoms with van der Waals surface area (Å²) in [5, 5.41) is 25.2. The van der Waals surface area contributed by atoms with E-state index in [0.717, 1.165) is 7.11 Å². The smallest absolute Gasteiger partial charge is 0.348 e. The second-order valence-corrected chi connectivity index (χ2v) is 2.21. The van der Waals surface area contributed by atoms with Crippen molar-refractivity contribution in [3.8, 4) is 0 Å². The Kier molecular flexibility index (Phi) is 3.37. The molecule has 74 valence electrons. The van der Waals surface area contributed by atoms with Crippen LogP contribution < -0.4 is 0 Å². The lowest BCUT2D eigenvalue weighted by Crippen LogP contribution is -2.50. The number of carbonyl (C=O) groups is 3. The van der Waals surface area contributed by atoms with Crippen molar-refractivity contribution in [2.45, 2.75) is 12.0 Å². The number of methoxy groups -OCH3 is 1. The van der Waals surface area contributed by atoms with Crippen molar-refractivity contribution in [2.75, 3.05) is 7.11 Å². The Labute approximate surface area is 72.5 Å². The van der Waals surface area contributed by atoms with Crippen molar-refractivity contribution < 1.29 is 34.4 Å². The van der Waals surface area contributed by atoms with E-state index < -0.39 is 29.9 Å². The maximum absolute atomic E-state index is 10.5. The van der Waals surface area contributed by atoms with E-state index in [1.54, 1.807) is 0 Å². The predicted octanol–water partition coefficient (Wildman–Crippen LogP) is -0.984. The van der Waals surface area contributed by atoms with Gasteiger partial charge in [0.2, 0.25) is 0 Å². The van der Waals surface area contributed by atoms with Crippen molar-refractivity contribution in [1.82, 2.24) is 0 Å². The minimum Gasteiger partial charge on any atom is -0.481 e. The Bertz CT molecular complexity index is 229. The van der Waals surface area contributed by atoms with Crippen molar-refractivity contribution in [3.05, 3.63) is 0 Å². The minimum absolute atomic E-state index is 0.825. The van der Waals surface area contributed by atoms with E-state index in [0.29, 0.717) is 0 Å². The second-order valence-electron chi connectivity index (χ2n) is 2.21. The molecule has 0 amide bonds. The Morgan fingerprint density at radius 1 is 1.15 bits per heavy atom. The Hall–Kier alpha value is -1.63. The average molecular weight is 192 g/mol. The summed E-state index contributed by atoms with van der Waals surface area (Å²) < 4.78 is 4.19. The molecule has 0 aliphatic heterocycles. The summed E-state index contributed by atoms with van der Waals surface area (Å²) in [7, 11) is 0.825. The predicted molar refractivity (Wildman–Crippen MR) is 37.3 cm³/mol. The van der Waals surface area contributed by atoms with Crippen LogP contribution in [0.25, 0.3) is 0 Å². The largest absolute Gasteiger partial charge is 0.481 e. The summed E-state index contributed by atoms with van der Waals surface area (Å²) in [6.45, 7) is 0. The number of hydrogen-bond acceptors (Lipinski definition) is 4. The lowest BCUT2D eigenvalue weighted by atomic mass is 10.0. The monoisotopic (exact) mass is 192 g/mol. The van der Waals surface area contributed by atoms with Gasteiger partial charge in [-0.1, -0.05) is 0 Å². The van der Waals surface area contributed by atoms with Gasteiger partial charge in [0.1, 0.15) is 0 Å². The van der Waals surface area contributed by atoms with Gasteiger partial charge in [-0.2, -0.15) is 0 Å². The lowest BCUT2D eigenvalue weighted by Gasteiger charge is -2.20. The zero-order valence-corrected chi connectivity index (χ0v) is 6.68. The summed E-state index contributed by atoms with van der Waals surface area (Å²) in [4.78, 5) is 31.1. The first-order valence-electron chi connectivity index (χ1n) is 3.10. The molecule has 13 heavy (non-hydrogen) atoms. The summed E-state index contributed by atoms with van der Waals surface area (Å²) in [6.07, 6.45) is -1.13. The molecular weight excluding hydrogens is 184 g/mol. The van der Waals surface area contributed by atoms with Gasteiger partial charge < -0.3 is 20.1 Å². The van der Waals surface area contributed by atoms with Gasteiger partial charge in [-0.3, -0.25) is 4.79 Å². The Morgan fingerprint density at radius 2 is 1.54 bits per heavy atom. The molecule has 0 bridgehead atoms. The maximum atomic E-state index is 10.5. The molecule has 7 nitrogen and oxygen atoms in total. The third-order valence-corrected chi connectivity index (χ3v) is 1.44. The molecule has 0 aromatic carbocycles. The summed E-state index contributed by atoms with van der Waals surface area (Å²) in [5.41, 5.74) is -2.70. The average Bonchev–Trinajstić information content (AvgIpc) is 1.98. The molecule has 0 aromatic heterocycles. The van der Waals surface area contributed by atoms with Crippen LogP contribution in [0.1, 0.15) is 6.42 Å². The zero-order valence-electron chi connectivity index (χ0n) is 6.68. The molecule has 0 radical (unpaired) electrons. The topological polar surface area (TPSA) is 121 Å². The fraction of sp³-hybridized carbons (Fsp3) is 0.500. The summed E-state index contributed by atoms with van der Waals surface area (Å²) in [5.74, 6) is -5.25. The molecule has 0 fully saturated rings. The van der Waals surface area contributed by atoms with E-state index in [-0.39, 0.29) is 0 Å². The van der Waals surface area contributed by atoms with Gasteiger partial charge in [-0.15, -0.1) is 0 Å². The van der Waals surface area contributed by atoms with Gasteiger partial charge in [0.25, 0.3) is 5.60 Å². The van der Waals surface area contributed by atoms with Crippen molar-refractivity contribution >= 4 is 17.9 Å². The molecule has 0 unspecified atom stereocenters. The molecule has 0 saturated carbocycles. The first kappa shape index (κ1) is 11.4. The number of carboxylic acid groups (broad SMARTS) is 3. The van der Waals surface area contributed by atoms with Crippen LogP contribution in [0.15, 0.2) is 0 Å². The normalized spacial score (nSPS) is 10.8. The molecule has 0 spiro atoms. The molecule has 0 rings (SSSR count). The van der Waals surface area contributed by atoms with E-state index in [1.807, 2.05) is 0 Å². The van der Waals surface area contributed by atoms with Crippen molar-refractivity contribution in [3.63, 3.8) is 0 Å². The van der Waals surface area contributed by atoms with E-state index in [9.17, 15) is 14.4 Å². The number of ether oxygens (including phenoxy) is 1. The summed E-state index contributed by atoms with van der Waals surface area (Å²) >= 11 is 0. The number of aliphatic carboxylic acids is 3. The highest BCUT2D eigenvalue weighted by atomic mass is 16.5. The van der Waals surface area contributed by atoms with Crippen LogP contribution >= 0.6 is 0 Å². The van der Waals surface area contributed by atoms with Crippen LogP contribution in [0.5, 0.6) is 0 Å². The number of carboxylic acids is 3. The molecule has 0 atom stereocenters. The quantitative estimate of drug-likeness (QED) is 0.478. The van der Waals surface area contributed by atoms with Gasteiger partial charge >= 0.3 is 17.9 Å². The fourth-order valence-electron chi connectivity index (χ4n) is 0.702. The van der Waals surface area contributed by atoms with Gasteiger partial charge in [0, 0.05) is 7.11 Å². The van der Waals surface area contributed by atoms with Crippen LogP contribution in [0.2, 0.25) is 0 Å². The minimum atomic E-state index is -2.70. The van der Waals surface area contributed by atoms with Gasteiger partial charge in [-0.05, 0) is 0 Å². The van der Waals surface area contributed by atoms with E-state index in [4.69, 9.17) is 15.3 Å². The van der Waals surface area contributed by atoms with Crippen molar-refractivity contribution in [1.29, 1.82) is 0 Å². The molecule has 0 heterocycles. The maximum Gasteiger partial charge on any atom is 0.348 e. The molecule has 0 saturated heterocycles. The van der Waals surface area contributed by atoms with Gasteiger partial charge in [0.15, 0.2) is 0 Å². The molecule has 0 aliphatic carbocycles. The van der Waals surface area contributed by atoms with Gasteiger partial charge in [0.05, 0.1) is 6.42 Å². The van der Waals surface area contributed by atoms with E-state index in [1.165, 1.54) is 0 Å². The van der Waals surface area contributed by atoms with Crippen LogP contribution in [0, 0.1) is 0 Å². The van der Waals surface area contributed by atoms with Crippen molar-refractivity contribution in [2.24, 2.45) is 0 Å². The van der Waals surface area contributed by atoms with Crippen LogP contribution in [-0.2, 0) is 19.1 Å². The van der Waals surface area contributed by atoms with Crippen LogP contribution in [0.3, 0.4) is 0 Å². The SMILES string of the molecule is COC(CC(=O)O)(C(=O)O)C(=O)O. The van der Waals surface area contributed by atoms with E-state index >= 15 is 0 Å². The van der Waals surface area contributed by atoms with Gasteiger partial charge in [-0.25, -0.2) is 9.59 Å². The third-order valence-electron chi connectivity index (χ3n) is 1.44. The lowest BCUT2D eigenvalue weighted by molar-refractivity contribution is -0.184. The molecule has 3 N–H and O–H groups in total. The standard InChI is InChI=1S/C6H8O7/c1-13-6(4(9)10,5(11)12)2-3(7)8/h2H2,1H3,(H,7,8)(H,9,10)(H,11,12). The molecule has 7 heteroatoms. The highest BCUT2D eigenvalue weighted by Gasteiger charge is 2.49. The Balaban J connectivity index is 4.98. The van der Waals surface area contributed by atoms with E-state index in [2.05, 4.69) is 4.74 Å². The number of hydrogen-bond donors (Lipinski definition) is 3. The molecule has 0 aromatic rings. The second kappa shape index (κ2) is 3.85. The third kappa shape index (κ3) is 2.15. The highest BCUT2D eigenvalue weighted by Crippen LogP contribution is 2.16. The zero-order chi connectivity index (χ0) is 10.6. The van der Waals surface area contributed by atoms with Crippen LogP contribution in [-0.4, -0.2) is 45.9 Å². The first-order chi connectivity index (χ1) is 5.86. The fourth-order valence-corrected chi connectivity index (χ4v) is 0.702. The first-order valence-corrected chi connectivity index (χ1v) is 3.10. The molecular formula is C6H8O7. The number of rotatable bonds is 5. The Morgan fingerprint density at radius 3 is 1.62 bits per heavy atom. The highest BCUT2D eigenvalue weighted by molar-refractivity contribution is 6.04.